The van der Waals surface area contributed by atoms with Crippen LogP contribution in [0.1, 0.15) is 26.3 Å². The number of aliphatic carboxylic acids is 1. The molecule has 0 amide bonds. The van der Waals surface area contributed by atoms with E-state index in [0.29, 0.717) is 23.2 Å². The molecule has 0 fully saturated rings. The molecular formula is C18H18N2O4S. The number of fused-ring (bicyclic) bond motifs is 1. The predicted molar refractivity (Wildman–Crippen MR) is 97.4 cm³/mol. The second-order valence-corrected chi connectivity index (χ2v) is 6.36. The molecule has 1 atom stereocenters. The van der Waals surface area contributed by atoms with Crippen LogP contribution in [0.15, 0.2) is 40.8 Å². The van der Waals surface area contributed by atoms with E-state index in [2.05, 4.69) is 4.98 Å². The Balaban J connectivity index is 2.14. The number of aromatic nitrogens is 2. The van der Waals surface area contributed by atoms with Crippen LogP contribution in [-0.2, 0) is 4.79 Å². The summed E-state index contributed by atoms with van der Waals surface area (Å²) >= 11 is 1.37. The van der Waals surface area contributed by atoms with Crippen LogP contribution >= 0.6 is 11.3 Å². The number of hydrogen-bond acceptors (Lipinski definition) is 5. The molecule has 2 heterocycles. The Labute approximate surface area is 148 Å². The van der Waals surface area contributed by atoms with Gasteiger partial charge in [-0.15, -0.1) is 11.3 Å². The fraction of sp³-hybridized carbons (Fsp3) is 0.278. The van der Waals surface area contributed by atoms with Crippen LogP contribution in [-0.4, -0.2) is 27.2 Å². The summed E-state index contributed by atoms with van der Waals surface area (Å²) in [5.74, 6) is -0.276. The summed E-state index contributed by atoms with van der Waals surface area (Å²) < 4.78 is 6.64. The first-order chi connectivity index (χ1) is 12.1. The molecule has 7 heteroatoms. The summed E-state index contributed by atoms with van der Waals surface area (Å²) in [6, 6.07) is 6.56. The number of thiophene rings is 1. The maximum atomic E-state index is 12.9. The Kier molecular flexibility index (Phi) is 4.85. The van der Waals surface area contributed by atoms with E-state index < -0.39 is 12.0 Å². The van der Waals surface area contributed by atoms with Gasteiger partial charge in [-0.2, -0.15) is 0 Å². The van der Waals surface area contributed by atoms with Crippen molar-refractivity contribution in [2.45, 2.75) is 26.3 Å². The summed E-state index contributed by atoms with van der Waals surface area (Å²) in [6.07, 6.45) is 1.64. The fourth-order valence-electron chi connectivity index (χ4n) is 2.77. The van der Waals surface area contributed by atoms with Gasteiger partial charge in [-0.25, -0.2) is 9.78 Å². The number of rotatable bonds is 6. The number of hydrogen-bond donors (Lipinski definition) is 1. The Morgan fingerprint density at radius 2 is 2.04 bits per heavy atom. The first-order valence-corrected chi connectivity index (χ1v) is 8.89. The molecule has 0 spiro atoms. The van der Waals surface area contributed by atoms with Crippen molar-refractivity contribution in [2.75, 3.05) is 6.61 Å². The Bertz CT molecular complexity index is 959. The molecular weight excluding hydrogens is 340 g/mol. The van der Waals surface area contributed by atoms with E-state index >= 15 is 0 Å². The number of carboxylic acid groups (broad SMARTS) is 1. The lowest BCUT2D eigenvalue weighted by Gasteiger charge is -2.13. The van der Waals surface area contributed by atoms with E-state index in [1.54, 1.807) is 6.92 Å². The van der Waals surface area contributed by atoms with Crippen molar-refractivity contribution in [1.82, 2.24) is 9.55 Å². The average molecular weight is 358 g/mol. The fourth-order valence-corrected chi connectivity index (χ4v) is 3.67. The first-order valence-electron chi connectivity index (χ1n) is 8.01. The van der Waals surface area contributed by atoms with E-state index in [-0.39, 0.29) is 5.56 Å². The molecule has 1 N–H and O–H groups in total. The maximum Gasteiger partial charge on any atom is 0.326 e. The van der Waals surface area contributed by atoms with Crippen LogP contribution in [0.3, 0.4) is 0 Å². The van der Waals surface area contributed by atoms with Crippen molar-refractivity contribution < 1.29 is 14.6 Å². The van der Waals surface area contributed by atoms with E-state index in [1.165, 1.54) is 22.2 Å². The van der Waals surface area contributed by atoms with Crippen molar-refractivity contribution in [3.05, 3.63) is 46.3 Å². The van der Waals surface area contributed by atoms with Gasteiger partial charge < -0.3 is 9.84 Å². The minimum atomic E-state index is -1.04. The molecule has 25 heavy (non-hydrogen) atoms. The molecule has 0 radical (unpaired) electrons. The highest BCUT2D eigenvalue weighted by atomic mass is 32.1. The molecule has 0 bridgehead atoms. The van der Waals surface area contributed by atoms with E-state index in [4.69, 9.17) is 4.74 Å². The first kappa shape index (κ1) is 17.2. The van der Waals surface area contributed by atoms with Crippen molar-refractivity contribution in [3.63, 3.8) is 0 Å². The molecule has 3 aromatic rings. The number of ether oxygens (including phenoxy) is 1. The summed E-state index contributed by atoms with van der Waals surface area (Å²) in [6.45, 7) is 4.24. The van der Waals surface area contributed by atoms with E-state index in [9.17, 15) is 14.7 Å². The van der Waals surface area contributed by atoms with E-state index in [0.717, 1.165) is 16.9 Å². The lowest BCUT2D eigenvalue weighted by Crippen LogP contribution is -2.29. The average Bonchev–Trinajstić information content (AvgIpc) is 3.03. The van der Waals surface area contributed by atoms with Gasteiger partial charge in [-0.3, -0.25) is 9.36 Å². The zero-order valence-electron chi connectivity index (χ0n) is 13.9. The van der Waals surface area contributed by atoms with Gasteiger partial charge in [0.2, 0.25) is 0 Å². The molecule has 0 saturated carbocycles. The van der Waals surface area contributed by atoms with Crippen LogP contribution in [0.25, 0.3) is 21.3 Å². The largest absolute Gasteiger partial charge is 0.494 e. The lowest BCUT2D eigenvalue weighted by atomic mass is 10.1. The summed E-state index contributed by atoms with van der Waals surface area (Å²) in [7, 11) is 0. The molecule has 0 aliphatic heterocycles. The van der Waals surface area contributed by atoms with Crippen LogP contribution in [0.5, 0.6) is 5.75 Å². The maximum absolute atomic E-state index is 12.9. The second-order valence-electron chi connectivity index (χ2n) is 5.51. The van der Waals surface area contributed by atoms with Crippen molar-refractivity contribution >= 4 is 27.5 Å². The molecule has 0 saturated heterocycles. The topological polar surface area (TPSA) is 81.4 Å². The van der Waals surface area contributed by atoms with Crippen LogP contribution < -0.4 is 10.3 Å². The molecule has 1 aromatic carbocycles. The van der Waals surface area contributed by atoms with Gasteiger partial charge in [-0.05, 0) is 31.0 Å². The molecule has 0 aliphatic carbocycles. The smallest absolute Gasteiger partial charge is 0.326 e. The second kappa shape index (κ2) is 7.06. The van der Waals surface area contributed by atoms with Crippen molar-refractivity contribution in [2.24, 2.45) is 0 Å². The number of nitrogens with zero attached hydrogens (tertiary/aromatic N) is 2. The van der Waals surface area contributed by atoms with Crippen LogP contribution in [0.2, 0.25) is 0 Å². The quantitative estimate of drug-likeness (QED) is 0.729. The number of carboxylic acids is 1. The lowest BCUT2D eigenvalue weighted by molar-refractivity contribution is -0.141. The zero-order valence-corrected chi connectivity index (χ0v) is 14.7. The highest BCUT2D eigenvalue weighted by Gasteiger charge is 2.21. The highest BCUT2D eigenvalue weighted by molar-refractivity contribution is 7.17. The standard InChI is InChI=1S/C18H18N2O4S/c1-3-14(18(22)23)20-10-19-16-15(17(20)21)13(9-25-16)11-5-7-12(8-6-11)24-4-2/h5-10,14H,3-4H2,1-2H3,(H,22,23)/t14-/m0/s1. The minimum absolute atomic E-state index is 0.310. The third kappa shape index (κ3) is 3.15. The molecule has 130 valence electrons. The zero-order chi connectivity index (χ0) is 18.0. The van der Waals surface area contributed by atoms with E-state index in [1.807, 2.05) is 36.6 Å². The van der Waals surface area contributed by atoms with Gasteiger partial charge in [0.15, 0.2) is 0 Å². The van der Waals surface area contributed by atoms with Crippen molar-refractivity contribution in [3.8, 4) is 16.9 Å². The van der Waals surface area contributed by atoms with Crippen LogP contribution in [0, 0.1) is 0 Å². The molecule has 3 rings (SSSR count). The van der Waals surface area contributed by atoms with Gasteiger partial charge in [0.05, 0.1) is 18.3 Å². The third-order valence-electron chi connectivity index (χ3n) is 4.00. The molecule has 0 aliphatic rings. The Morgan fingerprint density at radius 1 is 1.32 bits per heavy atom. The number of carbonyl (C=O) groups is 1. The Hall–Kier alpha value is -2.67. The minimum Gasteiger partial charge on any atom is -0.494 e. The SMILES string of the molecule is CCOc1ccc(-c2csc3ncn([C@@H](CC)C(=O)O)c(=O)c23)cc1. The Morgan fingerprint density at radius 3 is 2.64 bits per heavy atom. The molecule has 2 aromatic heterocycles. The summed E-state index contributed by atoms with van der Waals surface area (Å²) in [4.78, 5) is 29.2. The number of benzene rings is 1. The predicted octanol–water partition coefficient (Wildman–Crippen LogP) is 3.56. The summed E-state index contributed by atoms with van der Waals surface area (Å²) in [5.41, 5.74) is 1.30. The third-order valence-corrected chi connectivity index (χ3v) is 4.89. The van der Waals surface area contributed by atoms with Gasteiger partial charge >= 0.3 is 5.97 Å². The molecule has 0 unspecified atom stereocenters. The highest BCUT2D eigenvalue weighted by Crippen LogP contribution is 2.32. The molecule has 6 nitrogen and oxygen atoms in total. The normalized spacial score (nSPS) is 12.2. The van der Waals surface area contributed by atoms with Gasteiger partial charge in [0, 0.05) is 10.9 Å². The van der Waals surface area contributed by atoms with Gasteiger partial charge in [0.25, 0.3) is 5.56 Å². The van der Waals surface area contributed by atoms with Crippen molar-refractivity contribution in [1.29, 1.82) is 0 Å². The van der Waals surface area contributed by atoms with Crippen LogP contribution in [0.4, 0.5) is 0 Å². The monoisotopic (exact) mass is 358 g/mol. The summed E-state index contributed by atoms with van der Waals surface area (Å²) in [5, 5.41) is 11.7. The van der Waals surface area contributed by atoms with Gasteiger partial charge in [0.1, 0.15) is 16.6 Å². The van der Waals surface area contributed by atoms with Gasteiger partial charge in [-0.1, -0.05) is 19.1 Å².